The Labute approximate surface area is 124 Å². The van der Waals surface area contributed by atoms with Crippen molar-refractivity contribution in [2.75, 3.05) is 38.2 Å². The summed E-state index contributed by atoms with van der Waals surface area (Å²) >= 11 is 0. The van der Waals surface area contributed by atoms with Gasteiger partial charge in [-0.25, -0.2) is 15.0 Å². The number of methoxy groups -OCH3 is 1. The zero-order valence-corrected chi connectivity index (χ0v) is 12.1. The maximum Gasteiger partial charge on any atom is 0.225 e. The molecule has 0 amide bonds. The molecule has 1 saturated heterocycles. The van der Waals surface area contributed by atoms with Crippen LogP contribution in [0.15, 0.2) is 36.8 Å². The average Bonchev–Trinajstić information content (AvgIpc) is 2.57. The fraction of sp³-hybridized carbons (Fsp3) is 0.400. The maximum absolute atomic E-state index is 5.08. The van der Waals surface area contributed by atoms with Gasteiger partial charge in [-0.2, -0.15) is 0 Å². The Balaban J connectivity index is 1.53. The lowest BCUT2D eigenvalue weighted by molar-refractivity contribution is 0.248. The van der Waals surface area contributed by atoms with Crippen molar-refractivity contribution in [1.29, 1.82) is 0 Å². The van der Waals surface area contributed by atoms with Crippen molar-refractivity contribution < 1.29 is 4.74 Å². The molecule has 1 aliphatic heterocycles. The van der Waals surface area contributed by atoms with E-state index in [1.54, 1.807) is 19.5 Å². The largest absolute Gasteiger partial charge is 0.481 e. The van der Waals surface area contributed by atoms with Crippen LogP contribution in [0.5, 0.6) is 5.88 Å². The minimum Gasteiger partial charge on any atom is -0.481 e. The summed E-state index contributed by atoms with van der Waals surface area (Å²) in [5.41, 5.74) is 1.21. The van der Waals surface area contributed by atoms with Gasteiger partial charge in [-0.15, -0.1) is 0 Å². The van der Waals surface area contributed by atoms with E-state index in [0.717, 1.165) is 38.7 Å². The molecule has 2 aromatic heterocycles. The Bertz CT molecular complexity index is 552. The zero-order chi connectivity index (χ0) is 14.5. The van der Waals surface area contributed by atoms with Gasteiger partial charge in [0.15, 0.2) is 0 Å². The summed E-state index contributed by atoms with van der Waals surface area (Å²) in [6.45, 7) is 4.83. The van der Waals surface area contributed by atoms with Crippen LogP contribution in [0.4, 0.5) is 5.95 Å². The molecule has 0 saturated carbocycles. The minimum absolute atomic E-state index is 0.657. The molecule has 6 heteroatoms. The predicted octanol–water partition coefficient (Wildman–Crippen LogP) is 1.20. The van der Waals surface area contributed by atoms with Gasteiger partial charge in [0.25, 0.3) is 0 Å². The van der Waals surface area contributed by atoms with Gasteiger partial charge in [-0.3, -0.25) is 4.90 Å². The van der Waals surface area contributed by atoms with E-state index in [1.807, 2.05) is 18.3 Å². The van der Waals surface area contributed by atoms with Gasteiger partial charge < -0.3 is 9.64 Å². The Kier molecular flexibility index (Phi) is 4.25. The number of piperazine rings is 1. The summed E-state index contributed by atoms with van der Waals surface area (Å²) in [4.78, 5) is 17.5. The molecule has 0 spiro atoms. The first kappa shape index (κ1) is 13.8. The Morgan fingerprint density at radius 1 is 1.05 bits per heavy atom. The van der Waals surface area contributed by atoms with Crippen molar-refractivity contribution in [3.05, 3.63) is 42.4 Å². The van der Waals surface area contributed by atoms with E-state index in [4.69, 9.17) is 4.74 Å². The zero-order valence-electron chi connectivity index (χ0n) is 12.1. The molecule has 0 aromatic carbocycles. The summed E-state index contributed by atoms with van der Waals surface area (Å²) in [6, 6.07) is 5.82. The first-order valence-corrected chi connectivity index (χ1v) is 7.08. The third-order valence-corrected chi connectivity index (χ3v) is 3.62. The van der Waals surface area contributed by atoms with E-state index >= 15 is 0 Å². The van der Waals surface area contributed by atoms with Crippen molar-refractivity contribution in [3.8, 4) is 5.88 Å². The van der Waals surface area contributed by atoms with Crippen molar-refractivity contribution in [1.82, 2.24) is 19.9 Å². The molecule has 2 aromatic rings. The third-order valence-electron chi connectivity index (χ3n) is 3.62. The Hall–Kier alpha value is -2.21. The second kappa shape index (κ2) is 6.49. The lowest BCUT2D eigenvalue weighted by Gasteiger charge is -2.34. The summed E-state index contributed by atoms with van der Waals surface area (Å²) in [7, 11) is 1.63. The van der Waals surface area contributed by atoms with Gasteiger partial charge in [0, 0.05) is 57.4 Å². The van der Waals surface area contributed by atoms with E-state index in [0.29, 0.717) is 5.88 Å². The van der Waals surface area contributed by atoms with Crippen molar-refractivity contribution in [2.24, 2.45) is 0 Å². The second-order valence-electron chi connectivity index (χ2n) is 5.02. The second-order valence-corrected chi connectivity index (χ2v) is 5.02. The SMILES string of the molecule is COc1ccc(CN2CCN(c3ncccn3)CC2)cn1. The molecule has 0 unspecified atom stereocenters. The molecular formula is C15H19N5O. The smallest absolute Gasteiger partial charge is 0.225 e. The molecular weight excluding hydrogens is 266 g/mol. The average molecular weight is 285 g/mol. The molecule has 21 heavy (non-hydrogen) atoms. The van der Waals surface area contributed by atoms with Crippen LogP contribution in [0.1, 0.15) is 5.56 Å². The highest BCUT2D eigenvalue weighted by Crippen LogP contribution is 2.13. The third kappa shape index (κ3) is 3.46. The lowest BCUT2D eigenvalue weighted by atomic mass is 10.2. The number of pyridine rings is 1. The molecule has 0 atom stereocenters. The molecule has 0 N–H and O–H groups in total. The van der Waals surface area contributed by atoms with Gasteiger partial charge >= 0.3 is 0 Å². The van der Waals surface area contributed by atoms with Gasteiger partial charge in [0.1, 0.15) is 0 Å². The van der Waals surface area contributed by atoms with Crippen LogP contribution in [0.3, 0.4) is 0 Å². The molecule has 1 aliphatic rings. The van der Waals surface area contributed by atoms with Crippen LogP contribution >= 0.6 is 0 Å². The quantitative estimate of drug-likeness (QED) is 0.841. The highest BCUT2D eigenvalue weighted by Gasteiger charge is 2.18. The topological polar surface area (TPSA) is 54.4 Å². The van der Waals surface area contributed by atoms with Gasteiger partial charge in [0.2, 0.25) is 11.8 Å². The van der Waals surface area contributed by atoms with Crippen LogP contribution in [0.25, 0.3) is 0 Å². The number of rotatable bonds is 4. The highest BCUT2D eigenvalue weighted by molar-refractivity contribution is 5.29. The standard InChI is InChI=1S/C15H19N5O/c1-21-14-4-3-13(11-18-14)12-19-7-9-20(10-8-19)15-16-5-2-6-17-15/h2-6,11H,7-10,12H2,1H3. The number of hydrogen-bond donors (Lipinski definition) is 0. The van der Waals surface area contributed by atoms with Crippen molar-refractivity contribution in [2.45, 2.75) is 6.54 Å². The van der Waals surface area contributed by atoms with Crippen LogP contribution in [0.2, 0.25) is 0 Å². The molecule has 3 rings (SSSR count). The molecule has 3 heterocycles. The molecule has 6 nitrogen and oxygen atoms in total. The number of ether oxygens (including phenoxy) is 1. The van der Waals surface area contributed by atoms with E-state index in [2.05, 4.69) is 30.8 Å². The van der Waals surface area contributed by atoms with E-state index in [9.17, 15) is 0 Å². The number of nitrogens with zero attached hydrogens (tertiary/aromatic N) is 5. The van der Waals surface area contributed by atoms with Crippen LogP contribution in [0, 0.1) is 0 Å². The summed E-state index contributed by atoms with van der Waals surface area (Å²) < 4.78 is 5.08. The van der Waals surface area contributed by atoms with E-state index < -0.39 is 0 Å². The van der Waals surface area contributed by atoms with Gasteiger partial charge in [-0.05, 0) is 11.6 Å². The minimum atomic E-state index is 0.657. The van der Waals surface area contributed by atoms with Crippen LogP contribution in [-0.4, -0.2) is 53.1 Å². The molecule has 110 valence electrons. The predicted molar refractivity (Wildman–Crippen MR) is 80.3 cm³/mol. The van der Waals surface area contributed by atoms with Crippen LogP contribution in [-0.2, 0) is 6.54 Å². The fourth-order valence-corrected chi connectivity index (χ4v) is 2.44. The summed E-state index contributed by atoms with van der Waals surface area (Å²) in [5.74, 6) is 1.48. The highest BCUT2D eigenvalue weighted by atomic mass is 16.5. The fourth-order valence-electron chi connectivity index (χ4n) is 2.44. The normalized spacial score (nSPS) is 16.0. The van der Waals surface area contributed by atoms with Gasteiger partial charge in [-0.1, -0.05) is 6.07 Å². The Morgan fingerprint density at radius 2 is 1.81 bits per heavy atom. The van der Waals surface area contributed by atoms with Crippen molar-refractivity contribution in [3.63, 3.8) is 0 Å². The first-order valence-electron chi connectivity index (χ1n) is 7.08. The number of hydrogen-bond acceptors (Lipinski definition) is 6. The molecule has 0 radical (unpaired) electrons. The number of aromatic nitrogens is 3. The molecule has 0 aliphatic carbocycles. The van der Waals surface area contributed by atoms with Gasteiger partial charge in [0.05, 0.1) is 7.11 Å². The summed E-state index contributed by atoms with van der Waals surface area (Å²) in [5, 5.41) is 0. The Morgan fingerprint density at radius 3 is 2.43 bits per heavy atom. The monoisotopic (exact) mass is 285 g/mol. The number of anilines is 1. The van der Waals surface area contributed by atoms with Crippen LogP contribution < -0.4 is 9.64 Å². The van der Waals surface area contributed by atoms with Crippen molar-refractivity contribution >= 4 is 5.95 Å². The summed E-state index contributed by atoms with van der Waals surface area (Å²) in [6.07, 6.45) is 5.46. The van der Waals surface area contributed by atoms with E-state index in [-0.39, 0.29) is 0 Å². The first-order chi connectivity index (χ1) is 10.3. The molecule has 1 fully saturated rings. The molecule has 0 bridgehead atoms. The maximum atomic E-state index is 5.08. The van der Waals surface area contributed by atoms with E-state index in [1.165, 1.54) is 5.56 Å². The lowest BCUT2D eigenvalue weighted by Crippen LogP contribution is -2.46.